The summed E-state index contributed by atoms with van der Waals surface area (Å²) in [6, 6.07) is 85.4. The first-order valence-electron chi connectivity index (χ1n) is 21.3. The lowest BCUT2D eigenvalue weighted by molar-refractivity contribution is 0.672. The first-order chi connectivity index (χ1) is 30.8. The summed E-state index contributed by atoms with van der Waals surface area (Å²) in [7, 11) is 0. The molecule has 0 saturated carbocycles. The molecule has 0 atom stereocenters. The van der Waals surface area contributed by atoms with Gasteiger partial charge in [0.25, 0.3) is 0 Å². The molecule has 62 heavy (non-hydrogen) atoms. The Bertz CT molecular complexity index is 3630. The van der Waals surface area contributed by atoms with Crippen molar-refractivity contribution in [2.75, 3.05) is 4.90 Å². The zero-order valence-electron chi connectivity index (χ0n) is 33.9. The summed E-state index contributed by atoms with van der Waals surface area (Å²) in [5.41, 5.74) is 14.4. The van der Waals surface area contributed by atoms with E-state index in [-0.39, 0.29) is 0 Å². The third-order valence-corrected chi connectivity index (χ3v) is 12.4. The van der Waals surface area contributed by atoms with E-state index in [1.165, 1.54) is 49.2 Å². The third kappa shape index (κ3) is 5.96. The summed E-state index contributed by atoms with van der Waals surface area (Å²) in [4.78, 5) is 2.38. The van der Waals surface area contributed by atoms with Crippen LogP contribution in [-0.2, 0) is 0 Å². The standard InChI is InChI=1S/C60H39NO/c1-4-17-40(18-5-1)48-26-14-15-30-56(48)61(47-33-36-52-54-35-31-41-19-10-11-27-49(41)60(54)62-57(52)39-47)46-25-16-24-44(37-46)45-32-34-51-50-28-12-13-29-53(50)58(42-20-6-2-7-21-42)59(55(51)38-45)43-22-8-3-9-23-43/h1-39H. The highest BCUT2D eigenvalue weighted by Crippen LogP contribution is 2.47. The monoisotopic (exact) mass is 789 g/mol. The number of rotatable bonds is 7. The molecule has 12 aromatic rings. The predicted octanol–water partition coefficient (Wildman–Crippen LogP) is 17.2. The van der Waals surface area contributed by atoms with Gasteiger partial charge < -0.3 is 9.32 Å². The fraction of sp³-hybridized carbons (Fsp3) is 0. The van der Waals surface area contributed by atoms with Crippen LogP contribution in [0.3, 0.4) is 0 Å². The van der Waals surface area contributed by atoms with Crippen molar-refractivity contribution < 1.29 is 4.42 Å². The van der Waals surface area contributed by atoms with Crippen LogP contribution in [-0.4, -0.2) is 0 Å². The molecule has 0 aliphatic heterocycles. The van der Waals surface area contributed by atoms with Crippen LogP contribution in [0.4, 0.5) is 17.1 Å². The van der Waals surface area contributed by atoms with E-state index >= 15 is 0 Å². The van der Waals surface area contributed by atoms with Gasteiger partial charge in [-0.1, -0.05) is 188 Å². The van der Waals surface area contributed by atoms with Crippen molar-refractivity contribution in [1.29, 1.82) is 0 Å². The summed E-state index contributed by atoms with van der Waals surface area (Å²) in [5.74, 6) is 0. The van der Waals surface area contributed by atoms with Crippen molar-refractivity contribution in [2.24, 2.45) is 0 Å². The molecule has 0 aliphatic rings. The van der Waals surface area contributed by atoms with Crippen LogP contribution in [0.5, 0.6) is 0 Å². The van der Waals surface area contributed by atoms with E-state index in [1.54, 1.807) is 0 Å². The van der Waals surface area contributed by atoms with Crippen LogP contribution >= 0.6 is 0 Å². The Balaban J connectivity index is 1.08. The fourth-order valence-corrected chi connectivity index (χ4v) is 9.59. The molecule has 290 valence electrons. The maximum absolute atomic E-state index is 6.77. The van der Waals surface area contributed by atoms with E-state index in [1.807, 2.05) is 0 Å². The normalized spacial score (nSPS) is 11.5. The lowest BCUT2D eigenvalue weighted by atomic mass is 9.84. The number of para-hydroxylation sites is 1. The highest BCUT2D eigenvalue weighted by Gasteiger charge is 2.22. The fourth-order valence-electron chi connectivity index (χ4n) is 9.59. The number of furan rings is 1. The van der Waals surface area contributed by atoms with E-state index in [0.717, 1.165) is 66.6 Å². The van der Waals surface area contributed by atoms with Gasteiger partial charge in [0, 0.05) is 39.2 Å². The smallest absolute Gasteiger partial charge is 0.143 e. The molecule has 0 bridgehead atoms. The van der Waals surface area contributed by atoms with Gasteiger partial charge in [0.2, 0.25) is 0 Å². The van der Waals surface area contributed by atoms with Crippen LogP contribution in [0, 0.1) is 0 Å². The first-order valence-corrected chi connectivity index (χ1v) is 21.3. The summed E-state index contributed by atoms with van der Waals surface area (Å²) in [5, 5.41) is 9.49. The van der Waals surface area contributed by atoms with Crippen molar-refractivity contribution in [1.82, 2.24) is 0 Å². The molecule has 11 aromatic carbocycles. The van der Waals surface area contributed by atoms with Crippen molar-refractivity contribution in [2.45, 2.75) is 0 Å². The minimum atomic E-state index is 0.858. The summed E-state index contributed by atoms with van der Waals surface area (Å²) >= 11 is 0. The second kappa shape index (κ2) is 14.8. The van der Waals surface area contributed by atoms with Gasteiger partial charge in [-0.2, -0.15) is 0 Å². The van der Waals surface area contributed by atoms with Crippen molar-refractivity contribution in [3.05, 3.63) is 237 Å². The molecule has 0 amide bonds. The second-order valence-electron chi connectivity index (χ2n) is 16.0. The van der Waals surface area contributed by atoms with E-state index in [9.17, 15) is 0 Å². The highest BCUT2D eigenvalue weighted by molar-refractivity contribution is 6.22. The minimum absolute atomic E-state index is 0.858. The molecule has 12 rings (SSSR count). The van der Waals surface area contributed by atoms with Gasteiger partial charge >= 0.3 is 0 Å². The Morgan fingerprint density at radius 1 is 0.290 bits per heavy atom. The van der Waals surface area contributed by atoms with E-state index < -0.39 is 0 Å². The van der Waals surface area contributed by atoms with Crippen molar-refractivity contribution in [3.63, 3.8) is 0 Å². The highest BCUT2D eigenvalue weighted by atomic mass is 16.3. The second-order valence-corrected chi connectivity index (χ2v) is 16.0. The summed E-state index contributed by atoms with van der Waals surface area (Å²) < 4.78 is 6.77. The molecule has 2 nitrogen and oxygen atoms in total. The molecule has 0 unspecified atom stereocenters. The Morgan fingerprint density at radius 3 is 1.61 bits per heavy atom. The maximum atomic E-state index is 6.77. The van der Waals surface area contributed by atoms with Gasteiger partial charge in [-0.25, -0.2) is 0 Å². The molecule has 0 aliphatic carbocycles. The molecule has 0 N–H and O–H groups in total. The van der Waals surface area contributed by atoms with Crippen LogP contribution in [0.1, 0.15) is 0 Å². The van der Waals surface area contributed by atoms with E-state index in [2.05, 4.69) is 241 Å². The minimum Gasteiger partial charge on any atom is -0.455 e. The van der Waals surface area contributed by atoms with Crippen LogP contribution in [0.25, 0.3) is 98.8 Å². The van der Waals surface area contributed by atoms with Gasteiger partial charge in [0.05, 0.1) is 5.69 Å². The zero-order chi connectivity index (χ0) is 41.0. The maximum Gasteiger partial charge on any atom is 0.143 e. The molecule has 0 saturated heterocycles. The van der Waals surface area contributed by atoms with Gasteiger partial charge in [0.15, 0.2) is 0 Å². The van der Waals surface area contributed by atoms with Crippen molar-refractivity contribution >= 4 is 71.3 Å². The average molecular weight is 790 g/mol. The Labute approximate surface area is 360 Å². The van der Waals surface area contributed by atoms with Gasteiger partial charge in [-0.15, -0.1) is 0 Å². The molecule has 0 spiro atoms. The number of anilines is 3. The zero-order valence-corrected chi connectivity index (χ0v) is 33.9. The largest absolute Gasteiger partial charge is 0.455 e. The Kier molecular flexibility index (Phi) is 8.53. The van der Waals surface area contributed by atoms with Crippen molar-refractivity contribution in [3.8, 4) is 44.5 Å². The molecule has 2 heteroatoms. The SMILES string of the molecule is c1ccc(-c2ccccc2N(c2cccc(-c3ccc4c(c3)c(-c3ccccc3)c(-c3ccccc3)c3ccccc34)c2)c2ccc3c(c2)oc2c4ccccc4ccc32)cc1. The lowest BCUT2D eigenvalue weighted by Gasteiger charge is -2.28. The van der Waals surface area contributed by atoms with E-state index in [4.69, 9.17) is 4.42 Å². The summed E-state index contributed by atoms with van der Waals surface area (Å²) in [6.07, 6.45) is 0. The van der Waals surface area contributed by atoms with Crippen LogP contribution < -0.4 is 4.90 Å². The number of nitrogens with zero attached hydrogens (tertiary/aromatic N) is 1. The topological polar surface area (TPSA) is 16.4 Å². The third-order valence-electron chi connectivity index (χ3n) is 12.4. The number of benzene rings is 11. The quantitative estimate of drug-likeness (QED) is 0.150. The molecular formula is C60H39NO. The number of hydrogen-bond donors (Lipinski definition) is 0. The predicted molar refractivity (Wildman–Crippen MR) is 263 cm³/mol. The molecular weight excluding hydrogens is 751 g/mol. The Morgan fingerprint density at radius 2 is 0.839 bits per heavy atom. The van der Waals surface area contributed by atoms with Crippen LogP contribution in [0.2, 0.25) is 0 Å². The molecule has 1 aromatic heterocycles. The van der Waals surface area contributed by atoms with Gasteiger partial charge in [-0.05, 0) is 108 Å². The van der Waals surface area contributed by atoms with E-state index in [0.29, 0.717) is 0 Å². The van der Waals surface area contributed by atoms with Gasteiger partial charge in [-0.3, -0.25) is 0 Å². The molecule has 0 fully saturated rings. The molecule has 1 heterocycles. The first kappa shape index (κ1) is 35.7. The number of hydrogen-bond acceptors (Lipinski definition) is 2. The van der Waals surface area contributed by atoms with Crippen LogP contribution in [0.15, 0.2) is 241 Å². The summed E-state index contributed by atoms with van der Waals surface area (Å²) in [6.45, 7) is 0. The lowest BCUT2D eigenvalue weighted by Crippen LogP contribution is -2.11. The van der Waals surface area contributed by atoms with Gasteiger partial charge in [0.1, 0.15) is 11.2 Å². The molecule has 0 radical (unpaired) electrons. The Hall–Kier alpha value is -8.20. The average Bonchev–Trinajstić information content (AvgIpc) is 3.73. The number of fused-ring (bicyclic) bond motifs is 8.